The zero-order valence-electron chi connectivity index (χ0n) is 12.7. The van der Waals surface area contributed by atoms with E-state index in [1.54, 1.807) is 34.8 Å². The van der Waals surface area contributed by atoms with Crippen LogP contribution in [0.25, 0.3) is 21.1 Å². The molecule has 0 atom stereocenters. The Bertz CT molecular complexity index is 837. The summed E-state index contributed by atoms with van der Waals surface area (Å²) in [4.78, 5) is 19.0. The van der Waals surface area contributed by atoms with Gasteiger partial charge >= 0.3 is 0 Å². The molecule has 23 heavy (non-hydrogen) atoms. The normalized spacial score (nSPS) is 10.7. The molecule has 0 radical (unpaired) electrons. The molecule has 1 amide bonds. The van der Waals surface area contributed by atoms with E-state index < -0.39 is 0 Å². The zero-order chi connectivity index (χ0) is 16.4. The summed E-state index contributed by atoms with van der Waals surface area (Å²) in [5, 5.41) is 3.68. The van der Waals surface area contributed by atoms with Gasteiger partial charge in [-0.25, -0.2) is 9.37 Å². The molecule has 118 valence electrons. The Kier molecular flexibility index (Phi) is 4.54. The molecule has 0 spiro atoms. The van der Waals surface area contributed by atoms with Gasteiger partial charge in [-0.2, -0.15) is 0 Å². The number of carbonyl (C=O) groups is 1. The minimum atomic E-state index is -0.247. The number of rotatable bonds is 4. The van der Waals surface area contributed by atoms with Crippen molar-refractivity contribution in [3.05, 3.63) is 52.0 Å². The second kappa shape index (κ2) is 6.60. The van der Waals surface area contributed by atoms with Crippen LogP contribution in [0.5, 0.6) is 0 Å². The van der Waals surface area contributed by atoms with Crippen LogP contribution in [-0.2, 0) is 11.3 Å². The summed E-state index contributed by atoms with van der Waals surface area (Å²) in [7, 11) is 0. The van der Waals surface area contributed by atoms with Crippen molar-refractivity contribution in [3.8, 4) is 21.1 Å². The Morgan fingerprint density at radius 1 is 1.17 bits per heavy atom. The third-order valence-electron chi connectivity index (χ3n) is 3.29. The molecule has 1 aromatic carbocycles. The van der Waals surface area contributed by atoms with Gasteiger partial charge in [0.1, 0.15) is 10.8 Å². The van der Waals surface area contributed by atoms with Crippen molar-refractivity contribution in [3.63, 3.8) is 0 Å². The van der Waals surface area contributed by atoms with Crippen LogP contribution in [0.3, 0.4) is 0 Å². The third-order valence-corrected chi connectivity index (χ3v) is 5.41. The smallest absolute Gasteiger partial charge is 0.217 e. The molecule has 0 saturated carbocycles. The molecular weight excluding hydrogens is 331 g/mol. The van der Waals surface area contributed by atoms with Crippen molar-refractivity contribution < 1.29 is 9.18 Å². The van der Waals surface area contributed by atoms with Crippen LogP contribution in [0.4, 0.5) is 4.39 Å². The van der Waals surface area contributed by atoms with Crippen LogP contribution in [0.2, 0.25) is 0 Å². The highest BCUT2D eigenvalue weighted by Gasteiger charge is 2.13. The highest BCUT2D eigenvalue weighted by atomic mass is 32.1. The number of hydrogen-bond acceptors (Lipinski definition) is 4. The fourth-order valence-corrected chi connectivity index (χ4v) is 4.14. The van der Waals surface area contributed by atoms with Crippen LogP contribution in [0.1, 0.15) is 16.7 Å². The number of aryl methyl sites for hydroxylation is 1. The van der Waals surface area contributed by atoms with Crippen molar-refractivity contribution in [2.24, 2.45) is 0 Å². The van der Waals surface area contributed by atoms with Crippen molar-refractivity contribution in [1.29, 1.82) is 0 Å². The average molecular weight is 346 g/mol. The van der Waals surface area contributed by atoms with Gasteiger partial charge in [0.25, 0.3) is 0 Å². The standard InChI is InChI=1S/C17H15FN2OS2/c1-10-16(15-8-7-14(23-15)9-19-11(2)21)20-17(22-10)12-3-5-13(18)6-4-12/h3-8H,9H2,1-2H3,(H,19,21). The van der Waals surface area contributed by atoms with Gasteiger partial charge in [0.05, 0.1) is 17.1 Å². The minimum absolute atomic E-state index is 0.0385. The first-order valence-corrected chi connectivity index (χ1v) is 8.73. The third kappa shape index (κ3) is 3.65. The van der Waals surface area contributed by atoms with E-state index in [1.807, 2.05) is 19.1 Å². The van der Waals surface area contributed by atoms with Gasteiger partial charge in [0.2, 0.25) is 5.91 Å². The van der Waals surface area contributed by atoms with Crippen LogP contribution < -0.4 is 5.32 Å². The van der Waals surface area contributed by atoms with Gasteiger partial charge in [0.15, 0.2) is 0 Å². The summed E-state index contributed by atoms with van der Waals surface area (Å²) in [6.45, 7) is 4.08. The maximum Gasteiger partial charge on any atom is 0.217 e. The second-order valence-electron chi connectivity index (χ2n) is 5.11. The minimum Gasteiger partial charge on any atom is -0.351 e. The number of nitrogens with zero attached hydrogens (tertiary/aromatic N) is 1. The van der Waals surface area contributed by atoms with E-state index in [9.17, 15) is 9.18 Å². The number of aromatic nitrogens is 1. The first-order chi connectivity index (χ1) is 11.0. The van der Waals surface area contributed by atoms with Gasteiger partial charge in [-0.05, 0) is 43.3 Å². The molecule has 3 aromatic rings. The average Bonchev–Trinajstić information content (AvgIpc) is 3.12. The highest BCUT2D eigenvalue weighted by molar-refractivity contribution is 7.17. The predicted molar refractivity (Wildman–Crippen MR) is 93.1 cm³/mol. The van der Waals surface area contributed by atoms with Gasteiger partial charge in [-0.15, -0.1) is 22.7 Å². The Morgan fingerprint density at radius 2 is 1.91 bits per heavy atom. The molecule has 0 aliphatic rings. The monoisotopic (exact) mass is 346 g/mol. The van der Waals surface area contributed by atoms with Crippen LogP contribution in [0, 0.1) is 12.7 Å². The van der Waals surface area contributed by atoms with Crippen LogP contribution in [0.15, 0.2) is 36.4 Å². The molecule has 0 unspecified atom stereocenters. The lowest BCUT2D eigenvalue weighted by atomic mass is 10.2. The number of benzene rings is 1. The van der Waals surface area contributed by atoms with Crippen LogP contribution >= 0.6 is 22.7 Å². The molecule has 6 heteroatoms. The second-order valence-corrected chi connectivity index (χ2v) is 7.48. The van der Waals surface area contributed by atoms with Crippen molar-refractivity contribution in [2.45, 2.75) is 20.4 Å². The number of halogens is 1. The Morgan fingerprint density at radius 3 is 2.61 bits per heavy atom. The summed E-state index contributed by atoms with van der Waals surface area (Å²) in [5.41, 5.74) is 1.87. The molecule has 0 aliphatic carbocycles. The summed E-state index contributed by atoms with van der Waals surface area (Å²) in [6.07, 6.45) is 0. The van der Waals surface area contributed by atoms with E-state index >= 15 is 0 Å². The number of carbonyl (C=O) groups excluding carboxylic acids is 1. The molecule has 2 aromatic heterocycles. The molecule has 3 nitrogen and oxygen atoms in total. The maximum absolute atomic E-state index is 13.0. The Balaban J connectivity index is 1.86. The number of thiophene rings is 1. The molecule has 1 N–H and O–H groups in total. The summed E-state index contributed by atoms with van der Waals surface area (Å²) < 4.78 is 13.0. The van der Waals surface area contributed by atoms with Crippen molar-refractivity contribution in [1.82, 2.24) is 10.3 Å². The van der Waals surface area contributed by atoms with Gasteiger partial charge in [0, 0.05) is 22.2 Å². The van der Waals surface area contributed by atoms with E-state index in [0.717, 1.165) is 30.9 Å². The fourth-order valence-electron chi connectivity index (χ4n) is 2.15. The summed E-state index contributed by atoms with van der Waals surface area (Å²) in [5.74, 6) is -0.286. The maximum atomic E-state index is 13.0. The molecular formula is C17H15FN2OS2. The van der Waals surface area contributed by atoms with Crippen LogP contribution in [-0.4, -0.2) is 10.9 Å². The fraction of sp³-hybridized carbons (Fsp3) is 0.176. The van der Waals surface area contributed by atoms with Gasteiger partial charge in [-0.1, -0.05) is 0 Å². The van der Waals surface area contributed by atoms with E-state index in [4.69, 9.17) is 4.98 Å². The van der Waals surface area contributed by atoms with Gasteiger partial charge < -0.3 is 5.32 Å². The topological polar surface area (TPSA) is 42.0 Å². The van der Waals surface area contributed by atoms with E-state index in [-0.39, 0.29) is 11.7 Å². The quantitative estimate of drug-likeness (QED) is 0.749. The largest absolute Gasteiger partial charge is 0.351 e. The molecule has 3 rings (SSSR count). The van der Waals surface area contributed by atoms with E-state index in [2.05, 4.69) is 5.32 Å². The Hall–Kier alpha value is -2.05. The number of hydrogen-bond donors (Lipinski definition) is 1. The zero-order valence-corrected chi connectivity index (χ0v) is 14.4. The summed E-state index contributed by atoms with van der Waals surface area (Å²) >= 11 is 3.22. The lowest BCUT2D eigenvalue weighted by molar-refractivity contribution is -0.119. The molecule has 0 aliphatic heterocycles. The first kappa shape index (κ1) is 15.8. The Labute approximate surface area is 141 Å². The van der Waals surface area contributed by atoms with E-state index in [1.165, 1.54) is 19.1 Å². The lowest BCUT2D eigenvalue weighted by Crippen LogP contribution is -2.17. The number of nitrogens with one attached hydrogen (secondary N) is 1. The number of amides is 1. The van der Waals surface area contributed by atoms with Crippen molar-refractivity contribution >= 4 is 28.6 Å². The molecule has 0 bridgehead atoms. The molecule has 0 fully saturated rings. The molecule has 2 heterocycles. The SMILES string of the molecule is CC(=O)NCc1ccc(-c2nc(-c3ccc(F)cc3)sc2C)s1. The predicted octanol–water partition coefficient (Wildman–Crippen LogP) is 4.62. The van der Waals surface area contributed by atoms with E-state index in [0.29, 0.717) is 6.54 Å². The lowest BCUT2D eigenvalue weighted by Gasteiger charge is -1.97. The molecule has 0 saturated heterocycles. The first-order valence-electron chi connectivity index (χ1n) is 7.10. The van der Waals surface area contributed by atoms with Crippen molar-refractivity contribution in [2.75, 3.05) is 0 Å². The summed E-state index contributed by atoms with van der Waals surface area (Å²) in [6, 6.07) is 10.4. The number of thiazole rings is 1. The highest BCUT2D eigenvalue weighted by Crippen LogP contribution is 2.36. The van der Waals surface area contributed by atoms with Gasteiger partial charge in [-0.3, -0.25) is 4.79 Å².